The molecule has 0 spiro atoms. The molecule has 0 saturated carbocycles. The summed E-state index contributed by atoms with van der Waals surface area (Å²) >= 11 is 0. The van der Waals surface area contributed by atoms with Crippen LogP contribution in [0.1, 0.15) is 24.1 Å². The van der Waals surface area contributed by atoms with Gasteiger partial charge in [-0.05, 0) is 43.8 Å². The normalized spacial score (nSPS) is 12.4. The third kappa shape index (κ3) is 3.61. The van der Waals surface area contributed by atoms with Crippen molar-refractivity contribution >= 4 is 15.8 Å². The highest BCUT2D eigenvalue weighted by Gasteiger charge is 2.12. The molecule has 0 aliphatic rings. The number of anilines is 1. The van der Waals surface area contributed by atoms with Crippen molar-refractivity contribution in [1.29, 1.82) is 5.26 Å². The first-order valence-electron chi connectivity index (χ1n) is 6.62. The molecule has 0 radical (unpaired) electrons. The molecule has 22 heavy (non-hydrogen) atoms. The van der Waals surface area contributed by atoms with Crippen molar-refractivity contribution in [2.75, 3.05) is 12.4 Å². The van der Waals surface area contributed by atoms with Crippen molar-refractivity contribution in [2.45, 2.75) is 17.9 Å². The Morgan fingerprint density at radius 1 is 1.27 bits per heavy atom. The molecular weight excluding hydrogens is 300 g/mol. The number of pyridine rings is 1. The van der Waals surface area contributed by atoms with Gasteiger partial charge in [-0.2, -0.15) is 5.26 Å². The van der Waals surface area contributed by atoms with Crippen LogP contribution in [0.3, 0.4) is 0 Å². The Kier molecular flexibility index (Phi) is 4.75. The van der Waals surface area contributed by atoms with Gasteiger partial charge in [0.1, 0.15) is 10.7 Å². The highest BCUT2D eigenvalue weighted by Crippen LogP contribution is 2.19. The molecule has 0 aliphatic heterocycles. The Bertz CT molecular complexity index is 795. The van der Waals surface area contributed by atoms with Crippen LogP contribution in [0, 0.1) is 11.3 Å². The third-order valence-electron chi connectivity index (χ3n) is 3.20. The van der Waals surface area contributed by atoms with Crippen molar-refractivity contribution in [2.24, 2.45) is 0 Å². The molecule has 114 valence electrons. The van der Waals surface area contributed by atoms with Gasteiger partial charge in [0.15, 0.2) is 0 Å². The van der Waals surface area contributed by atoms with Gasteiger partial charge in [-0.3, -0.25) is 0 Å². The lowest BCUT2D eigenvalue weighted by molar-refractivity contribution is 0.588. The summed E-state index contributed by atoms with van der Waals surface area (Å²) in [6.45, 7) is 1.94. The molecule has 7 heteroatoms. The predicted molar refractivity (Wildman–Crippen MR) is 83.7 cm³/mol. The van der Waals surface area contributed by atoms with E-state index in [1.165, 1.54) is 19.3 Å². The van der Waals surface area contributed by atoms with Crippen LogP contribution in [0.5, 0.6) is 0 Å². The van der Waals surface area contributed by atoms with E-state index in [0.717, 1.165) is 5.56 Å². The van der Waals surface area contributed by atoms with Crippen LogP contribution < -0.4 is 10.0 Å². The molecule has 1 heterocycles. The first-order valence-corrected chi connectivity index (χ1v) is 8.11. The molecule has 2 rings (SSSR count). The van der Waals surface area contributed by atoms with Crippen LogP contribution in [0.4, 0.5) is 5.82 Å². The molecule has 1 aromatic heterocycles. The van der Waals surface area contributed by atoms with Gasteiger partial charge in [0.2, 0.25) is 10.0 Å². The third-order valence-corrected chi connectivity index (χ3v) is 4.60. The number of hydrogen-bond acceptors (Lipinski definition) is 5. The summed E-state index contributed by atoms with van der Waals surface area (Å²) in [5, 5.41) is 12.1. The zero-order valence-corrected chi connectivity index (χ0v) is 13.1. The highest BCUT2D eigenvalue weighted by molar-refractivity contribution is 7.89. The second kappa shape index (κ2) is 6.56. The zero-order valence-electron chi connectivity index (χ0n) is 12.2. The Labute approximate surface area is 129 Å². The van der Waals surface area contributed by atoms with Crippen LogP contribution in [0.15, 0.2) is 47.5 Å². The first-order chi connectivity index (χ1) is 10.5. The monoisotopic (exact) mass is 316 g/mol. The zero-order chi connectivity index (χ0) is 16.2. The number of aromatic nitrogens is 1. The number of nitrogens with zero attached hydrogens (tertiary/aromatic N) is 2. The molecule has 0 saturated heterocycles. The first kappa shape index (κ1) is 15.9. The topological polar surface area (TPSA) is 94.9 Å². The van der Waals surface area contributed by atoms with Gasteiger partial charge in [-0.1, -0.05) is 12.1 Å². The molecule has 6 nitrogen and oxygen atoms in total. The van der Waals surface area contributed by atoms with E-state index in [9.17, 15) is 8.42 Å². The van der Waals surface area contributed by atoms with Gasteiger partial charge in [-0.15, -0.1) is 0 Å². The molecular formula is C15H16N4O2S. The van der Waals surface area contributed by atoms with E-state index in [0.29, 0.717) is 11.4 Å². The summed E-state index contributed by atoms with van der Waals surface area (Å²) in [5.41, 5.74) is 1.54. The van der Waals surface area contributed by atoms with Crippen molar-refractivity contribution in [3.05, 3.63) is 53.7 Å². The van der Waals surface area contributed by atoms with Crippen molar-refractivity contribution in [1.82, 2.24) is 9.71 Å². The Hall–Kier alpha value is -2.43. The van der Waals surface area contributed by atoms with E-state index in [4.69, 9.17) is 5.26 Å². The standard InChI is InChI=1S/C15H16N4O2S/c1-11(13-5-3-4-12(8-13)9-16)19-15-7-6-14(10-18-15)22(20,21)17-2/h3-8,10-11,17H,1-2H3,(H,18,19). The second-order valence-electron chi connectivity index (χ2n) is 4.69. The van der Waals surface area contributed by atoms with E-state index in [2.05, 4.69) is 21.1 Å². The minimum Gasteiger partial charge on any atom is -0.364 e. The fourth-order valence-corrected chi connectivity index (χ4v) is 2.60. The Balaban J connectivity index is 2.15. The van der Waals surface area contributed by atoms with E-state index >= 15 is 0 Å². The molecule has 1 atom stereocenters. The maximum absolute atomic E-state index is 11.6. The highest BCUT2D eigenvalue weighted by atomic mass is 32.2. The minimum absolute atomic E-state index is 0.0624. The van der Waals surface area contributed by atoms with Gasteiger partial charge in [-0.25, -0.2) is 18.1 Å². The molecule has 0 bridgehead atoms. The molecule has 1 unspecified atom stereocenters. The van der Waals surface area contributed by atoms with Gasteiger partial charge < -0.3 is 5.32 Å². The lowest BCUT2D eigenvalue weighted by Crippen LogP contribution is -2.18. The largest absolute Gasteiger partial charge is 0.364 e. The summed E-state index contributed by atoms with van der Waals surface area (Å²) in [6.07, 6.45) is 1.30. The summed E-state index contributed by atoms with van der Waals surface area (Å²) in [5.74, 6) is 0.560. The second-order valence-corrected chi connectivity index (χ2v) is 6.58. The number of nitriles is 1. The maximum atomic E-state index is 11.6. The molecule has 2 aromatic rings. The number of rotatable bonds is 5. The van der Waals surface area contributed by atoms with E-state index < -0.39 is 10.0 Å². The van der Waals surface area contributed by atoms with Gasteiger partial charge in [0.05, 0.1) is 11.6 Å². The van der Waals surface area contributed by atoms with Crippen molar-refractivity contribution in [3.8, 4) is 6.07 Å². The average Bonchev–Trinajstić information content (AvgIpc) is 2.55. The van der Waals surface area contributed by atoms with E-state index in [-0.39, 0.29) is 10.9 Å². The molecule has 1 aromatic carbocycles. The van der Waals surface area contributed by atoms with Crippen LogP contribution in [-0.4, -0.2) is 20.4 Å². The number of nitrogens with one attached hydrogen (secondary N) is 2. The lowest BCUT2D eigenvalue weighted by atomic mass is 10.1. The van der Waals surface area contributed by atoms with Crippen molar-refractivity contribution in [3.63, 3.8) is 0 Å². The summed E-state index contributed by atoms with van der Waals surface area (Å²) in [7, 11) is -2.13. The Morgan fingerprint density at radius 3 is 2.64 bits per heavy atom. The molecule has 0 aliphatic carbocycles. The smallest absolute Gasteiger partial charge is 0.241 e. The quantitative estimate of drug-likeness (QED) is 0.880. The van der Waals surface area contributed by atoms with Gasteiger partial charge >= 0.3 is 0 Å². The molecule has 0 amide bonds. The number of benzene rings is 1. The predicted octanol–water partition coefficient (Wildman–Crippen LogP) is 2.03. The van der Waals surface area contributed by atoms with E-state index in [1.54, 1.807) is 18.2 Å². The van der Waals surface area contributed by atoms with E-state index in [1.807, 2.05) is 19.1 Å². The van der Waals surface area contributed by atoms with Crippen molar-refractivity contribution < 1.29 is 8.42 Å². The SMILES string of the molecule is CNS(=O)(=O)c1ccc(NC(C)c2cccc(C#N)c2)nc1. The van der Waals surface area contributed by atoms with Gasteiger partial charge in [0, 0.05) is 12.2 Å². The van der Waals surface area contributed by atoms with Crippen LogP contribution in [0.2, 0.25) is 0 Å². The molecule has 0 fully saturated rings. The summed E-state index contributed by atoms with van der Waals surface area (Å²) in [4.78, 5) is 4.22. The fraction of sp³-hybridized carbons (Fsp3) is 0.200. The van der Waals surface area contributed by atoms with Crippen LogP contribution in [0.25, 0.3) is 0 Å². The van der Waals surface area contributed by atoms with Gasteiger partial charge in [0.25, 0.3) is 0 Å². The summed E-state index contributed by atoms with van der Waals surface area (Å²) in [6, 6.07) is 12.4. The number of hydrogen-bond donors (Lipinski definition) is 2. The molecule has 2 N–H and O–H groups in total. The minimum atomic E-state index is -3.48. The average molecular weight is 316 g/mol. The number of sulfonamides is 1. The maximum Gasteiger partial charge on any atom is 0.241 e. The summed E-state index contributed by atoms with van der Waals surface area (Å²) < 4.78 is 25.5. The lowest BCUT2D eigenvalue weighted by Gasteiger charge is -2.15. The van der Waals surface area contributed by atoms with Crippen LogP contribution >= 0.6 is 0 Å². The Morgan fingerprint density at radius 2 is 2.05 bits per heavy atom. The fourth-order valence-electron chi connectivity index (χ4n) is 1.93. The van der Waals surface area contributed by atoms with Crippen LogP contribution in [-0.2, 0) is 10.0 Å².